The van der Waals surface area contributed by atoms with Crippen molar-refractivity contribution in [1.29, 1.82) is 0 Å². The van der Waals surface area contributed by atoms with Crippen molar-refractivity contribution in [3.8, 4) is 0 Å². The summed E-state index contributed by atoms with van der Waals surface area (Å²) in [6.07, 6.45) is 5.40. The first-order valence-corrected chi connectivity index (χ1v) is 12.6. The number of aromatic nitrogens is 2. The molecule has 4 rings (SSSR count). The van der Waals surface area contributed by atoms with Gasteiger partial charge in [-0.25, -0.2) is 4.98 Å². The lowest BCUT2D eigenvalue weighted by molar-refractivity contribution is 0.633. The van der Waals surface area contributed by atoms with Crippen LogP contribution in [0.5, 0.6) is 0 Å². The summed E-state index contributed by atoms with van der Waals surface area (Å²) in [7, 11) is -1.11. The number of imidazole rings is 1. The molecule has 1 heterocycles. The molecule has 1 aromatic heterocycles. The quantitative estimate of drug-likeness (QED) is 0.268. The average Bonchev–Trinajstić information content (AvgIpc) is 3.29. The number of benzene rings is 3. The van der Waals surface area contributed by atoms with Crippen molar-refractivity contribution in [3.05, 3.63) is 113 Å². The summed E-state index contributed by atoms with van der Waals surface area (Å²) in [6.45, 7) is 0.601. The molecule has 0 amide bonds. The van der Waals surface area contributed by atoms with E-state index in [1.165, 1.54) is 0 Å². The summed E-state index contributed by atoms with van der Waals surface area (Å²) in [5.41, 5.74) is 2.05. The molecular weight excluding hydrogens is 467 g/mol. The molecule has 4 aromatic rings. The molecule has 0 bridgehead atoms. The minimum absolute atomic E-state index is 0.153. The fourth-order valence-electron chi connectivity index (χ4n) is 3.16. The maximum Gasteiger partial charge on any atom is 0.0946 e. The maximum absolute atomic E-state index is 13.4. The molecule has 31 heavy (non-hydrogen) atoms. The van der Waals surface area contributed by atoms with Crippen molar-refractivity contribution in [2.45, 2.75) is 27.3 Å². The van der Waals surface area contributed by atoms with E-state index in [1.54, 1.807) is 24.3 Å². The van der Waals surface area contributed by atoms with Crippen LogP contribution < -0.4 is 0 Å². The number of halogens is 2. The molecule has 0 spiro atoms. The van der Waals surface area contributed by atoms with Crippen LogP contribution >= 0.6 is 35.0 Å². The minimum atomic E-state index is -1.11. The lowest BCUT2D eigenvalue weighted by Crippen LogP contribution is -2.15. The van der Waals surface area contributed by atoms with Gasteiger partial charge in [-0.3, -0.25) is 4.21 Å². The van der Waals surface area contributed by atoms with Crippen molar-refractivity contribution < 1.29 is 4.21 Å². The second-order valence-corrected chi connectivity index (χ2v) is 10.7. The van der Waals surface area contributed by atoms with Crippen molar-refractivity contribution in [1.82, 2.24) is 9.55 Å². The number of hydrogen-bond acceptors (Lipinski definition) is 3. The van der Waals surface area contributed by atoms with E-state index in [9.17, 15) is 4.21 Å². The van der Waals surface area contributed by atoms with E-state index < -0.39 is 10.8 Å². The van der Waals surface area contributed by atoms with Gasteiger partial charge in [0, 0.05) is 55.3 Å². The molecule has 0 radical (unpaired) electrons. The third kappa shape index (κ3) is 6.23. The van der Waals surface area contributed by atoms with Crippen LogP contribution in [0.15, 0.2) is 101 Å². The van der Waals surface area contributed by atoms with Crippen LogP contribution in [-0.4, -0.2) is 13.8 Å². The predicted octanol–water partition coefficient (Wildman–Crippen LogP) is 7.03. The Morgan fingerprint density at radius 2 is 1.45 bits per heavy atom. The van der Waals surface area contributed by atoms with E-state index in [2.05, 4.69) is 29.2 Å². The molecule has 158 valence electrons. The van der Waals surface area contributed by atoms with E-state index in [4.69, 9.17) is 23.2 Å². The molecule has 3 aromatic carbocycles. The highest BCUT2D eigenvalue weighted by Gasteiger charge is 2.20. The van der Waals surface area contributed by atoms with Gasteiger partial charge in [-0.1, -0.05) is 59.2 Å². The van der Waals surface area contributed by atoms with Crippen LogP contribution in [0.4, 0.5) is 0 Å². The molecule has 0 N–H and O–H groups in total. The smallest absolute Gasteiger partial charge is 0.0946 e. The first-order chi connectivity index (χ1) is 15.1. The van der Waals surface area contributed by atoms with E-state index in [1.807, 2.05) is 59.3 Å². The summed E-state index contributed by atoms with van der Waals surface area (Å²) >= 11 is 13.6. The van der Waals surface area contributed by atoms with Gasteiger partial charge in [0.05, 0.1) is 11.6 Å². The van der Waals surface area contributed by atoms with Gasteiger partial charge in [0.15, 0.2) is 0 Å². The second kappa shape index (κ2) is 10.5. The second-order valence-electron chi connectivity index (χ2n) is 7.02. The highest BCUT2D eigenvalue weighted by Crippen LogP contribution is 2.31. The van der Waals surface area contributed by atoms with Crippen molar-refractivity contribution >= 4 is 45.8 Å². The Balaban J connectivity index is 1.53. The monoisotopic (exact) mass is 486 g/mol. The Morgan fingerprint density at radius 1 is 0.871 bits per heavy atom. The SMILES string of the molecule is O=S(Cc1ccc(Cl)cc1)C(Cn1ccnc1)c1ccc(Sc2ccc(Cl)cc2)cc1. The lowest BCUT2D eigenvalue weighted by Gasteiger charge is -2.18. The average molecular weight is 487 g/mol. The van der Waals surface area contributed by atoms with Gasteiger partial charge in [-0.05, 0) is 59.7 Å². The highest BCUT2D eigenvalue weighted by atomic mass is 35.5. The molecule has 2 atom stereocenters. The van der Waals surface area contributed by atoms with Gasteiger partial charge in [-0.15, -0.1) is 0 Å². The molecule has 0 fully saturated rings. The summed E-state index contributed by atoms with van der Waals surface area (Å²) in [5, 5.41) is 1.25. The maximum atomic E-state index is 13.4. The summed E-state index contributed by atoms with van der Waals surface area (Å²) in [5.74, 6) is 0.470. The predicted molar refractivity (Wildman–Crippen MR) is 130 cm³/mol. The van der Waals surface area contributed by atoms with E-state index >= 15 is 0 Å². The largest absolute Gasteiger partial charge is 0.336 e. The zero-order valence-electron chi connectivity index (χ0n) is 16.5. The summed E-state index contributed by atoms with van der Waals surface area (Å²) < 4.78 is 15.3. The molecule has 3 nitrogen and oxygen atoms in total. The van der Waals surface area contributed by atoms with Gasteiger partial charge >= 0.3 is 0 Å². The molecule has 0 aliphatic rings. The zero-order valence-corrected chi connectivity index (χ0v) is 19.7. The Bertz CT molecular complexity index is 1130. The topological polar surface area (TPSA) is 34.9 Å². The Labute approximate surface area is 198 Å². The number of hydrogen-bond donors (Lipinski definition) is 0. The van der Waals surface area contributed by atoms with Crippen molar-refractivity contribution in [3.63, 3.8) is 0 Å². The zero-order chi connectivity index (χ0) is 21.6. The van der Waals surface area contributed by atoms with E-state index in [0.717, 1.165) is 25.9 Å². The fourth-order valence-corrected chi connectivity index (χ4v) is 5.75. The first kappa shape index (κ1) is 22.2. The van der Waals surface area contributed by atoms with Crippen LogP contribution in [0.25, 0.3) is 0 Å². The van der Waals surface area contributed by atoms with Gasteiger partial charge in [0.2, 0.25) is 0 Å². The molecule has 0 saturated carbocycles. The van der Waals surface area contributed by atoms with Gasteiger partial charge in [0.1, 0.15) is 0 Å². The lowest BCUT2D eigenvalue weighted by atomic mass is 10.1. The molecule has 2 unspecified atom stereocenters. The van der Waals surface area contributed by atoms with Gasteiger partial charge in [-0.2, -0.15) is 0 Å². The first-order valence-electron chi connectivity index (χ1n) is 9.67. The Morgan fingerprint density at radius 3 is 2.03 bits per heavy atom. The molecule has 7 heteroatoms. The van der Waals surface area contributed by atoms with Crippen LogP contribution in [-0.2, 0) is 23.1 Å². The minimum Gasteiger partial charge on any atom is -0.336 e. The summed E-state index contributed by atoms with van der Waals surface area (Å²) in [6, 6.07) is 23.6. The van der Waals surface area contributed by atoms with Crippen LogP contribution in [0, 0.1) is 0 Å². The fraction of sp³-hybridized carbons (Fsp3) is 0.125. The number of nitrogens with zero attached hydrogens (tertiary/aromatic N) is 2. The van der Waals surface area contributed by atoms with Crippen molar-refractivity contribution in [2.75, 3.05) is 0 Å². The standard InChI is InChI=1S/C24H20Cl2N2OS2/c25-20-5-1-18(2-6-20)16-31(29)24(15-28-14-13-27-17-28)19-3-9-22(10-4-19)30-23-11-7-21(26)8-12-23/h1-14,17,24H,15-16H2. The highest BCUT2D eigenvalue weighted by molar-refractivity contribution is 7.99. The van der Waals surface area contributed by atoms with Crippen LogP contribution in [0.2, 0.25) is 10.0 Å². The third-order valence-corrected chi connectivity index (χ3v) is 7.97. The van der Waals surface area contributed by atoms with Crippen LogP contribution in [0.1, 0.15) is 16.4 Å². The van der Waals surface area contributed by atoms with E-state index in [0.29, 0.717) is 17.3 Å². The van der Waals surface area contributed by atoms with Gasteiger partial charge < -0.3 is 4.57 Å². The Hall–Kier alpha value is -2.05. The molecule has 0 saturated heterocycles. The normalized spacial score (nSPS) is 13.1. The van der Waals surface area contributed by atoms with Crippen molar-refractivity contribution in [2.24, 2.45) is 0 Å². The Kier molecular flexibility index (Phi) is 7.51. The number of rotatable bonds is 8. The van der Waals surface area contributed by atoms with E-state index in [-0.39, 0.29) is 5.25 Å². The van der Waals surface area contributed by atoms with Gasteiger partial charge in [0.25, 0.3) is 0 Å². The van der Waals surface area contributed by atoms with Crippen LogP contribution in [0.3, 0.4) is 0 Å². The molecular formula is C24H20Cl2N2OS2. The molecule has 0 aliphatic carbocycles. The third-order valence-electron chi connectivity index (χ3n) is 4.78. The molecule has 0 aliphatic heterocycles. The summed E-state index contributed by atoms with van der Waals surface area (Å²) in [4.78, 5) is 6.37.